The standard InChI is InChI=1S/C12H22N2O2S/c1-11(2,3)16-10(15)14-6-4-12(8-14)9-17-7-5-13-12/h13H,4-9H2,1-3H3/t12-/m1/s1. The number of nitrogens with zero attached hydrogens (tertiary/aromatic N) is 1. The average Bonchev–Trinajstić information content (AvgIpc) is 2.61. The van der Waals surface area contributed by atoms with Gasteiger partial charge >= 0.3 is 6.09 Å². The molecular weight excluding hydrogens is 236 g/mol. The fraction of sp³-hybridized carbons (Fsp3) is 0.917. The molecule has 98 valence electrons. The lowest BCUT2D eigenvalue weighted by atomic mass is 10.0. The van der Waals surface area contributed by atoms with E-state index >= 15 is 0 Å². The molecular formula is C12H22N2O2S. The first-order valence-electron chi connectivity index (χ1n) is 6.21. The third kappa shape index (κ3) is 3.28. The molecule has 1 atom stereocenters. The molecule has 0 aliphatic carbocycles. The number of nitrogens with one attached hydrogen (secondary N) is 1. The molecule has 0 bridgehead atoms. The molecule has 1 amide bonds. The van der Waals surface area contributed by atoms with Crippen LogP contribution in [0.1, 0.15) is 27.2 Å². The number of hydrogen-bond acceptors (Lipinski definition) is 4. The normalized spacial score (nSPS) is 29.7. The Kier molecular flexibility index (Phi) is 3.59. The van der Waals surface area contributed by atoms with Gasteiger partial charge in [-0.15, -0.1) is 0 Å². The Morgan fingerprint density at radius 2 is 2.24 bits per heavy atom. The van der Waals surface area contributed by atoms with Crippen LogP contribution in [0.3, 0.4) is 0 Å². The maximum atomic E-state index is 12.0. The van der Waals surface area contributed by atoms with Crippen molar-refractivity contribution in [2.24, 2.45) is 0 Å². The highest BCUT2D eigenvalue weighted by Crippen LogP contribution is 2.29. The van der Waals surface area contributed by atoms with Crippen molar-refractivity contribution < 1.29 is 9.53 Å². The minimum atomic E-state index is -0.401. The first-order chi connectivity index (χ1) is 7.90. The molecule has 5 heteroatoms. The van der Waals surface area contributed by atoms with Crippen LogP contribution in [0.25, 0.3) is 0 Å². The maximum Gasteiger partial charge on any atom is 0.410 e. The highest BCUT2D eigenvalue weighted by atomic mass is 32.2. The van der Waals surface area contributed by atoms with E-state index in [-0.39, 0.29) is 11.6 Å². The summed E-state index contributed by atoms with van der Waals surface area (Å²) < 4.78 is 5.41. The third-order valence-corrected chi connectivity index (χ3v) is 4.38. The molecule has 2 heterocycles. The van der Waals surface area contributed by atoms with Gasteiger partial charge in [-0.05, 0) is 27.2 Å². The number of amides is 1. The van der Waals surface area contributed by atoms with Gasteiger partial charge in [-0.2, -0.15) is 11.8 Å². The van der Waals surface area contributed by atoms with Crippen LogP contribution in [0.4, 0.5) is 4.79 Å². The summed E-state index contributed by atoms with van der Waals surface area (Å²) >= 11 is 1.98. The van der Waals surface area contributed by atoms with Crippen molar-refractivity contribution in [3.05, 3.63) is 0 Å². The molecule has 2 fully saturated rings. The zero-order valence-corrected chi connectivity index (χ0v) is 11.7. The Bertz CT molecular complexity index is 295. The summed E-state index contributed by atoms with van der Waals surface area (Å²) in [7, 11) is 0. The number of ether oxygens (including phenoxy) is 1. The van der Waals surface area contributed by atoms with Crippen molar-refractivity contribution >= 4 is 17.9 Å². The number of hydrogen-bond donors (Lipinski definition) is 1. The molecule has 0 aromatic rings. The number of likely N-dealkylation sites (tertiary alicyclic amines) is 1. The Morgan fingerprint density at radius 1 is 1.47 bits per heavy atom. The summed E-state index contributed by atoms with van der Waals surface area (Å²) in [5.41, 5.74) is -0.262. The molecule has 0 unspecified atom stereocenters. The first kappa shape index (κ1) is 13.0. The van der Waals surface area contributed by atoms with Crippen LogP contribution in [0.5, 0.6) is 0 Å². The zero-order chi connectivity index (χ0) is 12.5. The molecule has 1 spiro atoms. The van der Waals surface area contributed by atoms with Gasteiger partial charge in [-0.1, -0.05) is 0 Å². The lowest BCUT2D eigenvalue weighted by Gasteiger charge is -2.34. The van der Waals surface area contributed by atoms with Crippen molar-refractivity contribution in [1.82, 2.24) is 10.2 Å². The van der Waals surface area contributed by atoms with E-state index in [1.54, 1.807) is 0 Å². The molecule has 17 heavy (non-hydrogen) atoms. The Hall–Kier alpha value is -0.420. The monoisotopic (exact) mass is 258 g/mol. The van der Waals surface area contributed by atoms with E-state index in [2.05, 4.69) is 5.32 Å². The second-order valence-corrected chi connectivity index (χ2v) is 7.02. The first-order valence-corrected chi connectivity index (χ1v) is 7.36. The fourth-order valence-corrected chi connectivity index (χ4v) is 3.44. The Labute approximate surface area is 107 Å². The van der Waals surface area contributed by atoms with Crippen LogP contribution in [-0.2, 0) is 4.74 Å². The zero-order valence-electron chi connectivity index (χ0n) is 10.9. The van der Waals surface area contributed by atoms with Crippen LogP contribution in [0, 0.1) is 0 Å². The van der Waals surface area contributed by atoms with Gasteiger partial charge in [0.15, 0.2) is 0 Å². The van der Waals surface area contributed by atoms with Gasteiger partial charge in [0.05, 0.1) is 0 Å². The van der Waals surface area contributed by atoms with Gasteiger partial charge in [-0.3, -0.25) is 0 Å². The van der Waals surface area contributed by atoms with Gasteiger partial charge in [0.25, 0.3) is 0 Å². The number of thioether (sulfide) groups is 1. The Morgan fingerprint density at radius 3 is 2.82 bits per heavy atom. The van der Waals surface area contributed by atoms with Gasteiger partial charge in [0.1, 0.15) is 5.60 Å². The molecule has 2 aliphatic heterocycles. The minimum Gasteiger partial charge on any atom is -0.444 e. The largest absolute Gasteiger partial charge is 0.444 e. The summed E-state index contributed by atoms with van der Waals surface area (Å²) in [5.74, 6) is 2.28. The number of rotatable bonds is 0. The van der Waals surface area contributed by atoms with Gasteiger partial charge in [-0.25, -0.2) is 4.79 Å². The van der Waals surface area contributed by atoms with Crippen LogP contribution in [-0.4, -0.2) is 53.3 Å². The molecule has 2 aliphatic rings. The predicted molar refractivity (Wildman–Crippen MR) is 70.5 cm³/mol. The summed E-state index contributed by atoms with van der Waals surface area (Å²) in [5, 5.41) is 3.57. The van der Waals surface area contributed by atoms with E-state index in [0.717, 1.165) is 31.8 Å². The topological polar surface area (TPSA) is 41.6 Å². The van der Waals surface area contributed by atoms with Gasteiger partial charge < -0.3 is 15.0 Å². The SMILES string of the molecule is CC(C)(C)OC(=O)N1CC[C@]2(CSCCN2)C1. The van der Waals surface area contributed by atoms with Crippen molar-refractivity contribution in [3.63, 3.8) is 0 Å². The smallest absolute Gasteiger partial charge is 0.410 e. The van der Waals surface area contributed by atoms with E-state index in [9.17, 15) is 4.79 Å². The van der Waals surface area contributed by atoms with E-state index in [0.29, 0.717) is 0 Å². The highest BCUT2D eigenvalue weighted by Gasteiger charge is 2.41. The molecule has 2 rings (SSSR count). The van der Waals surface area contributed by atoms with Crippen molar-refractivity contribution in [2.75, 3.05) is 31.1 Å². The molecule has 0 aromatic carbocycles. The summed E-state index contributed by atoms with van der Waals surface area (Å²) in [4.78, 5) is 13.8. The third-order valence-electron chi connectivity index (χ3n) is 3.13. The lowest BCUT2D eigenvalue weighted by Crippen LogP contribution is -2.53. The van der Waals surface area contributed by atoms with Crippen LogP contribution < -0.4 is 5.32 Å². The number of carbonyl (C=O) groups is 1. The summed E-state index contributed by atoms with van der Waals surface area (Å²) in [6.07, 6.45) is 0.867. The summed E-state index contributed by atoms with van der Waals surface area (Å²) in [6.45, 7) is 8.37. The van der Waals surface area contributed by atoms with Crippen LogP contribution in [0.15, 0.2) is 0 Å². The minimum absolute atomic E-state index is 0.139. The second kappa shape index (κ2) is 4.69. The fourth-order valence-electron chi connectivity index (χ4n) is 2.32. The lowest BCUT2D eigenvalue weighted by molar-refractivity contribution is 0.0283. The molecule has 0 aromatic heterocycles. The quantitative estimate of drug-likeness (QED) is 0.718. The van der Waals surface area contributed by atoms with Gasteiger partial charge in [0, 0.05) is 36.7 Å². The van der Waals surface area contributed by atoms with Crippen molar-refractivity contribution in [1.29, 1.82) is 0 Å². The van der Waals surface area contributed by atoms with E-state index in [1.165, 1.54) is 5.75 Å². The average molecular weight is 258 g/mol. The molecule has 0 radical (unpaired) electrons. The van der Waals surface area contributed by atoms with Crippen LogP contribution in [0.2, 0.25) is 0 Å². The maximum absolute atomic E-state index is 12.0. The van der Waals surface area contributed by atoms with Gasteiger partial charge in [0.2, 0.25) is 0 Å². The Balaban J connectivity index is 1.91. The molecule has 1 N–H and O–H groups in total. The van der Waals surface area contributed by atoms with E-state index in [1.807, 2.05) is 37.4 Å². The number of carbonyl (C=O) groups excluding carboxylic acids is 1. The van der Waals surface area contributed by atoms with E-state index < -0.39 is 5.60 Å². The second-order valence-electron chi connectivity index (χ2n) is 5.91. The van der Waals surface area contributed by atoms with E-state index in [4.69, 9.17) is 4.74 Å². The summed E-state index contributed by atoms with van der Waals surface area (Å²) in [6, 6.07) is 0. The van der Waals surface area contributed by atoms with Crippen molar-refractivity contribution in [2.45, 2.75) is 38.3 Å². The molecule has 2 saturated heterocycles. The van der Waals surface area contributed by atoms with Crippen LogP contribution >= 0.6 is 11.8 Å². The molecule has 4 nitrogen and oxygen atoms in total. The molecule has 0 saturated carbocycles. The highest BCUT2D eigenvalue weighted by molar-refractivity contribution is 7.99. The van der Waals surface area contributed by atoms with Crippen molar-refractivity contribution in [3.8, 4) is 0 Å². The predicted octanol–water partition coefficient (Wildman–Crippen LogP) is 1.70.